The first-order valence-corrected chi connectivity index (χ1v) is 7.47. The number of rotatable bonds is 5. The molecule has 0 fully saturated rings. The summed E-state index contributed by atoms with van der Waals surface area (Å²) in [7, 11) is 0. The first-order valence-electron chi connectivity index (χ1n) is 7.47. The molecule has 1 amide bonds. The topological polar surface area (TPSA) is 85.8 Å². The van der Waals surface area contributed by atoms with Gasteiger partial charge in [0, 0.05) is 18.0 Å². The van der Waals surface area contributed by atoms with Crippen LogP contribution in [-0.2, 0) is 0 Å². The molecule has 1 heterocycles. The van der Waals surface area contributed by atoms with Gasteiger partial charge < -0.3 is 11.1 Å². The van der Waals surface area contributed by atoms with E-state index in [1.165, 1.54) is 16.8 Å². The molecule has 0 spiro atoms. The molecule has 7 heteroatoms. The maximum Gasteiger partial charge on any atom is 0.291 e. The van der Waals surface area contributed by atoms with Crippen molar-refractivity contribution in [1.82, 2.24) is 20.1 Å². The molecule has 2 aromatic rings. The van der Waals surface area contributed by atoms with Gasteiger partial charge in [0.25, 0.3) is 5.91 Å². The van der Waals surface area contributed by atoms with Crippen molar-refractivity contribution in [3.8, 4) is 5.69 Å². The van der Waals surface area contributed by atoms with Crippen LogP contribution in [0.2, 0.25) is 0 Å². The molecule has 1 aromatic heterocycles. The van der Waals surface area contributed by atoms with Gasteiger partial charge in [-0.2, -0.15) is 0 Å². The summed E-state index contributed by atoms with van der Waals surface area (Å²) < 4.78 is 14.9. The van der Waals surface area contributed by atoms with Gasteiger partial charge >= 0.3 is 0 Å². The smallest absolute Gasteiger partial charge is 0.291 e. The zero-order valence-corrected chi connectivity index (χ0v) is 13.8. The van der Waals surface area contributed by atoms with Crippen LogP contribution in [0.5, 0.6) is 0 Å². The number of hydrogen-bond acceptors (Lipinski definition) is 4. The number of hydrogen-bond donors (Lipinski definition) is 2. The highest BCUT2D eigenvalue weighted by atomic mass is 19.1. The molecular formula is C16H22FN5O. The molecule has 124 valence electrons. The highest BCUT2D eigenvalue weighted by molar-refractivity contribution is 5.90. The summed E-state index contributed by atoms with van der Waals surface area (Å²) in [5.41, 5.74) is 5.85. The summed E-state index contributed by atoms with van der Waals surface area (Å²) >= 11 is 0. The number of halogens is 1. The van der Waals surface area contributed by atoms with Crippen molar-refractivity contribution in [1.29, 1.82) is 0 Å². The molecule has 0 aliphatic heterocycles. The van der Waals surface area contributed by atoms with Crippen molar-refractivity contribution in [2.45, 2.75) is 39.2 Å². The van der Waals surface area contributed by atoms with Crippen LogP contribution >= 0.6 is 0 Å². The molecule has 2 rings (SSSR count). The summed E-state index contributed by atoms with van der Waals surface area (Å²) in [6.07, 6.45) is 0. The molecule has 0 aliphatic carbocycles. The molecule has 0 aliphatic rings. The number of nitrogens with two attached hydrogens (primary N) is 1. The Labute approximate surface area is 134 Å². The third-order valence-electron chi connectivity index (χ3n) is 3.11. The molecule has 0 unspecified atom stereocenters. The van der Waals surface area contributed by atoms with E-state index in [4.69, 9.17) is 5.73 Å². The van der Waals surface area contributed by atoms with E-state index in [2.05, 4.69) is 15.4 Å². The number of amides is 1. The summed E-state index contributed by atoms with van der Waals surface area (Å²) in [5.74, 6) is -0.114. The zero-order chi connectivity index (χ0) is 17.2. The molecule has 0 saturated carbocycles. The number of nitrogens with zero attached hydrogens (tertiary/aromatic N) is 3. The Hall–Kier alpha value is -2.28. The number of carbonyl (C=O) groups excluding carboxylic acids is 1. The second-order valence-corrected chi connectivity index (χ2v) is 6.51. The second-order valence-electron chi connectivity index (χ2n) is 6.51. The lowest BCUT2D eigenvalue weighted by atomic mass is 10.1. The van der Waals surface area contributed by atoms with E-state index in [9.17, 15) is 9.18 Å². The number of benzene rings is 1. The van der Waals surface area contributed by atoms with Crippen LogP contribution in [0, 0.1) is 5.82 Å². The van der Waals surface area contributed by atoms with Crippen LogP contribution in [0.1, 0.15) is 50.1 Å². The fraction of sp³-hybridized carbons (Fsp3) is 0.438. The van der Waals surface area contributed by atoms with Gasteiger partial charge in [-0.05, 0) is 32.0 Å². The summed E-state index contributed by atoms with van der Waals surface area (Å²) in [5, 5.41) is 6.93. The average molecular weight is 319 g/mol. The maximum atomic E-state index is 13.4. The molecule has 6 nitrogen and oxygen atoms in total. The minimum Gasteiger partial charge on any atom is -0.347 e. The average Bonchev–Trinajstić information content (AvgIpc) is 2.89. The predicted octanol–water partition coefficient (Wildman–Crippen LogP) is 2.00. The lowest BCUT2D eigenvalue weighted by molar-refractivity contribution is 0.0935. The van der Waals surface area contributed by atoms with Crippen molar-refractivity contribution in [3.63, 3.8) is 0 Å². The highest BCUT2D eigenvalue weighted by Gasteiger charge is 2.21. The molecule has 1 aromatic carbocycles. The summed E-state index contributed by atoms with van der Waals surface area (Å²) in [6, 6.07) is 6.01. The predicted molar refractivity (Wildman–Crippen MR) is 86.0 cm³/mol. The molecule has 0 radical (unpaired) electrons. The van der Waals surface area contributed by atoms with Crippen molar-refractivity contribution in [3.05, 3.63) is 41.7 Å². The van der Waals surface area contributed by atoms with E-state index in [0.29, 0.717) is 18.1 Å². The van der Waals surface area contributed by atoms with E-state index >= 15 is 0 Å². The van der Waals surface area contributed by atoms with Crippen molar-refractivity contribution < 1.29 is 9.18 Å². The highest BCUT2D eigenvalue weighted by Crippen LogP contribution is 2.18. The van der Waals surface area contributed by atoms with Crippen molar-refractivity contribution >= 4 is 5.91 Å². The Kier molecular flexibility index (Phi) is 4.79. The second kappa shape index (κ2) is 6.45. The molecule has 0 atom stereocenters. The fourth-order valence-electron chi connectivity index (χ4n) is 1.98. The molecular weight excluding hydrogens is 297 g/mol. The molecule has 23 heavy (non-hydrogen) atoms. The Balaban J connectivity index is 2.34. The Morgan fingerprint density at radius 3 is 2.70 bits per heavy atom. The van der Waals surface area contributed by atoms with E-state index in [0.717, 1.165) is 0 Å². The van der Waals surface area contributed by atoms with Crippen LogP contribution in [0.15, 0.2) is 24.3 Å². The van der Waals surface area contributed by atoms with Gasteiger partial charge in [-0.15, -0.1) is 5.10 Å². The van der Waals surface area contributed by atoms with Gasteiger partial charge in [-0.25, -0.2) is 14.1 Å². The quantitative estimate of drug-likeness (QED) is 0.882. The first kappa shape index (κ1) is 17.1. The largest absolute Gasteiger partial charge is 0.347 e. The summed E-state index contributed by atoms with van der Waals surface area (Å²) in [4.78, 5) is 16.5. The Bertz CT molecular complexity index is 703. The molecule has 0 bridgehead atoms. The van der Waals surface area contributed by atoms with Gasteiger partial charge in [-0.3, -0.25) is 4.79 Å². The SMILES string of the molecule is CC(C)c1nc(C(=O)NCC(C)(C)N)nn1-c1cccc(F)c1. The maximum absolute atomic E-state index is 13.4. The van der Waals surface area contributed by atoms with E-state index < -0.39 is 11.4 Å². The third-order valence-corrected chi connectivity index (χ3v) is 3.11. The van der Waals surface area contributed by atoms with Crippen LogP contribution < -0.4 is 11.1 Å². The van der Waals surface area contributed by atoms with E-state index in [1.807, 2.05) is 27.7 Å². The molecule has 0 saturated heterocycles. The Morgan fingerprint density at radius 2 is 2.13 bits per heavy atom. The minimum atomic E-state index is -0.526. The third kappa shape index (κ3) is 4.35. The van der Waals surface area contributed by atoms with Gasteiger partial charge in [0.15, 0.2) is 0 Å². The van der Waals surface area contributed by atoms with Crippen molar-refractivity contribution in [2.75, 3.05) is 6.54 Å². The van der Waals surface area contributed by atoms with Gasteiger partial charge in [0.05, 0.1) is 5.69 Å². The fourth-order valence-corrected chi connectivity index (χ4v) is 1.98. The lowest BCUT2D eigenvalue weighted by Gasteiger charge is -2.18. The standard InChI is InChI=1S/C16H22FN5O/c1-10(2)14-20-13(15(23)19-9-16(3,4)18)21-22(14)12-7-5-6-11(17)8-12/h5-8,10H,9,18H2,1-4H3,(H,19,23). The van der Waals surface area contributed by atoms with Crippen LogP contribution in [0.3, 0.4) is 0 Å². The monoisotopic (exact) mass is 319 g/mol. The van der Waals surface area contributed by atoms with E-state index in [1.54, 1.807) is 12.1 Å². The Morgan fingerprint density at radius 1 is 1.43 bits per heavy atom. The first-order chi connectivity index (χ1) is 10.7. The van der Waals surface area contributed by atoms with Crippen LogP contribution in [0.25, 0.3) is 5.69 Å². The van der Waals surface area contributed by atoms with Gasteiger partial charge in [0.2, 0.25) is 5.82 Å². The number of aromatic nitrogens is 3. The van der Waals surface area contributed by atoms with Gasteiger partial charge in [-0.1, -0.05) is 19.9 Å². The van der Waals surface area contributed by atoms with Gasteiger partial charge in [0.1, 0.15) is 11.6 Å². The van der Waals surface area contributed by atoms with Crippen LogP contribution in [0.4, 0.5) is 4.39 Å². The summed E-state index contributed by atoms with van der Waals surface area (Å²) in [6.45, 7) is 7.80. The normalized spacial score (nSPS) is 11.8. The number of nitrogens with one attached hydrogen (secondary N) is 1. The lowest BCUT2D eigenvalue weighted by Crippen LogP contribution is -2.45. The number of carbonyl (C=O) groups is 1. The van der Waals surface area contributed by atoms with Crippen molar-refractivity contribution in [2.24, 2.45) is 5.73 Å². The minimum absolute atomic E-state index is 0.0262. The zero-order valence-electron chi connectivity index (χ0n) is 13.8. The van der Waals surface area contributed by atoms with E-state index in [-0.39, 0.29) is 17.6 Å². The molecule has 3 N–H and O–H groups in total. The van der Waals surface area contributed by atoms with Crippen LogP contribution in [-0.4, -0.2) is 32.8 Å².